The van der Waals surface area contributed by atoms with Crippen molar-refractivity contribution in [2.75, 3.05) is 12.8 Å². The van der Waals surface area contributed by atoms with E-state index in [0.717, 1.165) is 22.1 Å². The molecule has 5 aromatic rings. The molecule has 3 aromatic heterocycles. The van der Waals surface area contributed by atoms with E-state index in [2.05, 4.69) is 19.7 Å². The summed E-state index contributed by atoms with van der Waals surface area (Å²) >= 11 is 6.58. The Balaban J connectivity index is 1.46. The van der Waals surface area contributed by atoms with Crippen molar-refractivity contribution in [2.24, 2.45) is 0 Å². The number of benzene rings is 2. The van der Waals surface area contributed by atoms with E-state index in [1.54, 1.807) is 12.4 Å². The van der Waals surface area contributed by atoms with E-state index in [1.807, 2.05) is 66.7 Å². The van der Waals surface area contributed by atoms with E-state index in [9.17, 15) is 4.79 Å². The topological polar surface area (TPSA) is 113 Å². The standard InChI is InChI=1S/C29H24ClN5O3/c1-37-24(36)12-10-18-9-11-22(33-16-18)17-38-29-28(31)34-26(19-6-3-2-4-7-19)27(35-29)21-14-20-8-5-13-32-25(20)23(30)15-21/h2-9,11,13-16H,10,12,17H2,1H3,(H2,31,34). The predicted octanol–water partition coefficient (Wildman–Crippen LogP) is 5.67. The summed E-state index contributed by atoms with van der Waals surface area (Å²) < 4.78 is 10.7. The number of carbonyl (C=O) groups excluding carboxylic acids is 1. The van der Waals surface area contributed by atoms with Gasteiger partial charge in [0.25, 0.3) is 5.88 Å². The number of methoxy groups -OCH3 is 1. The maximum absolute atomic E-state index is 11.4. The van der Waals surface area contributed by atoms with Gasteiger partial charge in [0.05, 0.1) is 29.0 Å². The molecule has 190 valence electrons. The van der Waals surface area contributed by atoms with Crippen LogP contribution >= 0.6 is 11.6 Å². The second-order valence-electron chi connectivity index (χ2n) is 8.53. The molecular formula is C29H24ClN5O3. The molecule has 0 aliphatic carbocycles. The number of nitrogens with zero attached hydrogens (tertiary/aromatic N) is 4. The van der Waals surface area contributed by atoms with Crippen molar-refractivity contribution in [1.82, 2.24) is 19.9 Å². The highest BCUT2D eigenvalue weighted by Gasteiger charge is 2.18. The number of anilines is 1. The number of rotatable bonds is 8. The van der Waals surface area contributed by atoms with Crippen molar-refractivity contribution in [3.05, 3.63) is 95.4 Å². The van der Waals surface area contributed by atoms with E-state index in [0.29, 0.717) is 40.5 Å². The highest BCUT2D eigenvalue weighted by molar-refractivity contribution is 6.35. The SMILES string of the molecule is COC(=O)CCc1ccc(COc2nc(-c3cc(Cl)c4ncccc4c3)c(-c3ccccc3)nc2N)nc1. The van der Waals surface area contributed by atoms with Gasteiger partial charge in [0.2, 0.25) is 0 Å². The molecule has 0 saturated carbocycles. The van der Waals surface area contributed by atoms with Gasteiger partial charge in [-0.2, -0.15) is 0 Å². The minimum Gasteiger partial charge on any atom is -0.469 e. The van der Waals surface area contributed by atoms with Gasteiger partial charge in [0, 0.05) is 35.3 Å². The maximum atomic E-state index is 11.4. The molecule has 0 unspecified atom stereocenters. The van der Waals surface area contributed by atoms with Gasteiger partial charge in [-0.3, -0.25) is 14.8 Å². The minimum atomic E-state index is -0.259. The van der Waals surface area contributed by atoms with Crippen LogP contribution in [0.15, 0.2) is 79.1 Å². The molecule has 0 amide bonds. The van der Waals surface area contributed by atoms with Gasteiger partial charge in [0.1, 0.15) is 12.3 Å². The quantitative estimate of drug-likeness (QED) is 0.258. The molecule has 0 fully saturated rings. The van der Waals surface area contributed by atoms with E-state index >= 15 is 0 Å². The molecular weight excluding hydrogens is 502 g/mol. The van der Waals surface area contributed by atoms with E-state index in [1.165, 1.54) is 7.11 Å². The van der Waals surface area contributed by atoms with Crippen LogP contribution in [0.5, 0.6) is 5.88 Å². The molecule has 0 saturated heterocycles. The molecule has 0 radical (unpaired) electrons. The lowest BCUT2D eigenvalue weighted by molar-refractivity contribution is -0.140. The number of aryl methyl sites for hydroxylation is 1. The van der Waals surface area contributed by atoms with Crippen molar-refractivity contribution < 1.29 is 14.3 Å². The summed E-state index contributed by atoms with van der Waals surface area (Å²) in [7, 11) is 1.37. The zero-order chi connectivity index (χ0) is 26.5. The minimum absolute atomic E-state index is 0.142. The highest BCUT2D eigenvalue weighted by atomic mass is 35.5. The van der Waals surface area contributed by atoms with Crippen molar-refractivity contribution in [2.45, 2.75) is 19.4 Å². The Hall–Kier alpha value is -4.56. The fraction of sp³-hybridized carbons (Fsp3) is 0.138. The number of fused-ring (bicyclic) bond motifs is 1. The molecule has 0 aliphatic heterocycles. The van der Waals surface area contributed by atoms with Crippen LogP contribution in [0.3, 0.4) is 0 Å². The third kappa shape index (κ3) is 5.55. The Labute approximate surface area is 224 Å². The Morgan fingerprint density at radius 3 is 2.53 bits per heavy atom. The smallest absolute Gasteiger partial charge is 0.305 e. The molecule has 2 N–H and O–H groups in total. The molecule has 2 aromatic carbocycles. The molecule has 3 heterocycles. The zero-order valence-electron chi connectivity index (χ0n) is 20.6. The molecule has 38 heavy (non-hydrogen) atoms. The lowest BCUT2D eigenvalue weighted by Crippen LogP contribution is -2.07. The third-order valence-corrected chi connectivity index (χ3v) is 6.24. The summed E-state index contributed by atoms with van der Waals surface area (Å²) in [6.07, 6.45) is 4.27. The van der Waals surface area contributed by atoms with Gasteiger partial charge >= 0.3 is 5.97 Å². The predicted molar refractivity (Wildman–Crippen MR) is 147 cm³/mol. The summed E-state index contributed by atoms with van der Waals surface area (Å²) in [6.45, 7) is 0.142. The van der Waals surface area contributed by atoms with Crippen LogP contribution in [0.4, 0.5) is 5.82 Å². The number of halogens is 1. The first-order chi connectivity index (χ1) is 18.5. The second kappa shape index (κ2) is 11.2. The average molecular weight is 526 g/mol. The van der Waals surface area contributed by atoms with Crippen molar-refractivity contribution in [1.29, 1.82) is 0 Å². The Morgan fingerprint density at radius 1 is 0.947 bits per heavy atom. The van der Waals surface area contributed by atoms with Gasteiger partial charge in [-0.1, -0.05) is 54.1 Å². The Bertz CT molecular complexity index is 1590. The lowest BCUT2D eigenvalue weighted by Gasteiger charge is -2.14. The van der Waals surface area contributed by atoms with E-state index in [-0.39, 0.29) is 24.3 Å². The number of nitrogen functional groups attached to an aromatic ring is 1. The molecule has 8 nitrogen and oxygen atoms in total. The molecule has 9 heteroatoms. The highest BCUT2D eigenvalue weighted by Crippen LogP contribution is 2.36. The van der Waals surface area contributed by atoms with Gasteiger partial charge in [-0.25, -0.2) is 9.97 Å². The number of ether oxygens (including phenoxy) is 2. The normalized spacial score (nSPS) is 10.9. The van der Waals surface area contributed by atoms with Crippen LogP contribution in [0.25, 0.3) is 33.4 Å². The Morgan fingerprint density at radius 2 is 1.76 bits per heavy atom. The number of esters is 1. The van der Waals surface area contributed by atoms with E-state index in [4.69, 9.17) is 27.1 Å². The average Bonchev–Trinajstić information content (AvgIpc) is 2.96. The summed E-state index contributed by atoms with van der Waals surface area (Å²) in [6, 6.07) is 21.0. The van der Waals surface area contributed by atoms with Crippen LogP contribution in [-0.4, -0.2) is 33.0 Å². The molecule has 0 spiro atoms. The molecule has 5 rings (SSSR count). The number of hydrogen-bond acceptors (Lipinski definition) is 8. The van der Waals surface area contributed by atoms with Crippen molar-refractivity contribution >= 4 is 34.3 Å². The summed E-state index contributed by atoms with van der Waals surface area (Å²) in [5, 5.41) is 1.39. The lowest BCUT2D eigenvalue weighted by atomic mass is 10.0. The van der Waals surface area contributed by atoms with Gasteiger partial charge in [0.15, 0.2) is 5.82 Å². The number of carbonyl (C=O) groups is 1. The van der Waals surface area contributed by atoms with Gasteiger partial charge in [-0.05, 0) is 36.2 Å². The third-order valence-electron chi connectivity index (χ3n) is 5.96. The maximum Gasteiger partial charge on any atom is 0.305 e. The zero-order valence-corrected chi connectivity index (χ0v) is 21.4. The number of pyridine rings is 2. The van der Waals surface area contributed by atoms with Gasteiger partial charge < -0.3 is 15.2 Å². The first-order valence-corrected chi connectivity index (χ1v) is 12.3. The van der Waals surface area contributed by atoms with Crippen molar-refractivity contribution in [3.63, 3.8) is 0 Å². The summed E-state index contributed by atoms with van der Waals surface area (Å²) in [4.78, 5) is 29.6. The first kappa shape index (κ1) is 25.1. The van der Waals surface area contributed by atoms with Crippen LogP contribution in [0.2, 0.25) is 5.02 Å². The molecule has 0 aliphatic rings. The van der Waals surface area contributed by atoms with Crippen LogP contribution in [0, 0.1) is 0 Å². The first-order valence-electron chi connectivity index (χ1n) is 11.9. The largest absolute Gasteiger partial charge is 0.469 e. The summed E-state index contributed by atoms with van der Waals surface area (Å²) in [5.74, 6) is 0.0969. The van der Waals surface area contributed by atoms with Gasteiger partial charge in [-0.15, -0.1) is 0 Å². The fourth-order valence-corrected chi connectivity index (χ4v) is 4.28. The number of hydrogen-bond donors (Lipinski definition) is 1. The monoisotopic (exact) mass is 525 g/mol. The van der Waals surface area contributed by atoms with Crippen LogP contribution in [-0.2, 0) is 22.6 Å². The molecule has 0 bridgehead atoms. The second-order valence-corrected chi connectivity index (χ2v) is 8.94. The number of nitrogens with two attached hydrogens (primary N) is 1. The fourth-order valence-electron chi connectivity index (χ4n) is 4.00. The van der Waals surface area contributed by atoms with Crippen LogP contribution in [0.1, 0.15) is 17.7 Å². The number of aromatic nitrogens is 4. The van der Waals surface area contributed by atoms with Crippen molar-refractivity contribution in [3.8, 4) is 28.4 Å². The summed E-state index contributed by atoms with van der Waals surface area (Å²) in [5.41, 5.74) is 11.4. The van der Waals surface area contributed by atoms with E-state index < -0.39 is 0 Å². The molecule has 0 atom stereocenters. The Kier molecular flexibility index (Phi) is 7.42. The van der Waals surface area contributed by atoms with Crippen LogP contribution < -0.4 is 10.5 Å².